The first kappa shape index (κ1) is 17.5. The van der Waals surface area contributed by atoms with E-state index in [1.54, 1.807) is 11.0 Å². The fourth-order valence-corrected chi connectivity index (χ4v) is 3.69. The molecule has 4 rings (SSSR count). The van der Waals surface area contributed by atoms with Gasteiger partial charge in [0.2, 0.25) is 5.91 Å². The highest BCUT2D eigenvalue weighted by molar-refractivity contribution is 5.80. The third-order valence-electron chi connectivity index (χ3n) is 5.30. The van der Waals surface area contributed by atoms with Crippen LogP contribution >= 0.6 is 0 Å². The molecule has 0 bridgehead atoms. The van der Waals surface area contributed by atoms with Gasteiger partial charge in [-0.2, -0.15) is 10.2 Å². The summed E-state index contributed by atoms with van der Waals surface area (Å²) in [6.07, 6.45) is 5.78. The Hall–Kier alpha value is -2.96. The summed E-state index contributed by atoms with van der Waals surface area (Å²) in [6.45, 7) is 3.37. The molecule has 1 aliphatic heterocycles. The summed E-state index contributed by atoms with van der Waals surface area (Å²) >= 11 is 0. The van der Waals surface area contributed by atoms with Crippen LogP contribution in [0.3, 0.4) is 0 Å². The van der Waals surface area contributed by atoms with Crippen molar-refractivity contribution < 1.29 is 4.79 Å². The number of carbonyl (C=O) groups excluding carboxylic acids is 1. The maximum absolute atomic E-state index is 12.7. The van der Waals surface area contributed by atoms with Gasteiger partial charge in [0.05, 0.1) is 5.69 Å². The molecule has 0 saturated carbocycles. The van der Waals surface area contributed by atoms with Crippen LogP contribution in [0.5, 0.6) is 0 Å². The number of nitrogens with zero attached hydrogens (tertiary/aromatic N) is 5. The topological polar surface area (TPSA) is 79.7 Å². The van der Waals surface area contributed by atoms with Crippen LogP contribution in [0.2, 0.25) is 0 Å². The van der Waals surface area contributed by atoms with E-state index in [9.17, 15) is 4.79 Å². The Morgan fingerprint density at radius 3 is 2.74 bits per heavy atom. The van der Waals surface area contributed by atoms with Crippen molar-refractivity contribution >= 4 is 5.91 Å². The first-order chi connectivity index (χ1) is 13.2. The molecule has 1 N–H and O–H groups in total. The van der Waals surface area contributed by atoms with E-state index in [0.29, 0.717) is 5.92 Å². The van der Waals surface area contributed by atoms with Crippen LogP contribution in [0.1, 0.15) is 48.7 Å². The van der Waals surface area contributed by atoms with Gasteiger partial charge in [-0.1, -0.05) is 30.3 Å². The number of benzene rings is 1. The van der Waals surface area contributed by atoms with Crippen molar-refractivity contribution in [3.8, 4) is 0 Å². The van der Waals surface area contributed by atoms with Crippen molar-refractivity contribution in [2.75, 3.05) is 13.1 Å². The van der Waals surface area contributed by atoms with E-state index in [1.807, 2.05) is 17.9 Å². The van der Waals surface area contributed by atoms with Crippen LogP contribution in [0, 0.1) is 0 Å². The van der Waals surface area contributed by atoms with Crippen LogP contribution < -0.4 is 0 Å². The molecular formula is C20H24N6O. The lowest BCUT2D eigenvalue weighted by Crippen LogP contribution is -2.41. The molecule has 0 spiro atoms. The second-order valence-corrected chi connectivity index (χ2v) is 7.13. The summed E-state index contributed by atoms with van der Waals surface area (Å²) in [5, 5.41) is 11.8. The van der Waals surface area contributed by atoms with Crippen molar-refractivity contribution in [1.29, 1.82) is 0 Å². The number of aromatic nitrogens is 5. The molecule has 1 saturated heterocycles. The van der Waals surface area contributed by atoms with Crippen LogP contribution in [0.4, 0.5) is 0 Å². The fourth-order valence-electron chi connectivity index (χ4n) is 3.69. The molecule has 1 aliphatic rings. The minimum atomic E-state index is -0.313. The van der Waals surface area contributed by atoms with E-state index in [0.717, 1.165) is 43.7 Å². The summed E-state index contributed by atoms with van der Waals surface area (Å²) in [5.74, 6) is 0.502. The highest BCUT2D eigenvalue weighted by Gasteiger charge is 2.28. The summed E-state index contributed by atoms with van der Waals surface area (Å²) in [7, 11) is 0. The minimum Gasteiger partial charge on any atom is -0.341 e. The largest absolute Gasteiger partial charge is 0.341 e. The lowest BCUT2D eigenvalue weighted by molar-refractivity contribution is -0.135. The maximum Gasteiger partial charge on any atom is 0.247 e. The lowest BCUT2D eigenvalue weighted by Gasteiger charge is -2.32. The number of aromatic amines is 1. The number of likely N-dealkylation sites (tertiary alicyclic amines) is 1. The molecule has 1 fully saturated rings. The minimum absolute atomic E-state index is 0.103. The van der Waals surface area contributed by atoms with Gasteiger partial charge in [-0.15, -0.1) is 0 Å². The average Bonchev–Trinajstić information content (AvgIpc) is 3.40. The zero-order chi connectivity index (χ0) is 18.6. The van der Waals surface area contributed by atoms with Crippen LogP contribution in [0.25, 0.3) is 0 Å². The third-order valence-corrected chi connectivity index (χ3v) is 5.30. The van der Waals surface area contributed by atoms with E-state index in [-0.39, 0.29) is 11.9 Å². The van der Waals surface area contributed by atoms with Crippen LogP contribution in [-0.4, -0.2) is 48.9 Å². The van der Waals surface area contributed by atoms with Crippen molar-refractivity contribution in [3.63, 3.8) is 0 Å². The predicted molar refractivity (Wildman–Crippen MR) is 101 cm³/mol. The quantitative estimate of drug-likeness (QED) is 0.754. The molecule has 0 aliphatic carbocycles. The molecule has 1 amide bonds. The van der Waals surface area contributed by atoms with E-state index < -0.39 is 0 Å². The van der Waals surface area contributed by atoms with Gasteiger partial charge in [-0.3, -0.25) is 9.89 Å². The average molecular weight is 364 g/mol. The van der Waals surface area contributed by atoms with Gasteiger partial charge in [0.1, 0.15) is 18.7 Å². The zero-order valence-electron chi connectivity index (χ0n) is 15.5. The smallest absolute Gasteiger partial charge is 0.247 e. The number of piperidine rings is 1. The molecule has 1 aromatic carbocycles. The Balaban J connectivity index is 1.33. The molecule has 3 heterocycles. The van der Waals surface area contributed by atoms with Crippen molar-refractivity contribution in [2.24, 2.45) is 0 Å². The predicted octanol–water partition coefficient (Wildman–Crippen LogP) is 2.56. The summed E-state index contributed by atoms with van der Waals surface area (Å²) in [6, 6.07) is 12.3. The molecule has 0 radical (unpaired) electrons. The molecular weight excluding hydrogens is 340 g/mol. The zero-order valence-corrected chi connectivity index (χ0v) is 15.5. The summed E-state index contributed by atoms with van der Waals surface area (Å²) < 4.78 is 1.61. The van der Waals surface area contributed by atoms with Crippen molar-refractivity contribution in [2.45, 2.75) is 38.1 Å². The number of H-pyrrole nitrogens is 1. The van der Waals surface area contributed by atoms with Crippen LogP contribution in [0.15, 0.2) is 49.1 Å². The number of carbonyl (C=O) groups is 1. The van der Waals surface area contributed by atoms with Gasteiger partial charge in [0.25, 0.3) is 0 Å². The van der Waals surface area contributed by atoms with E-state index in [4.69, 9.17) is 0 Å². The number of amides is 1. The second kappa shape index (κ2) is 7.73. The monoisotopic (exact) mass is 364 g/mol. The van der Waals surface area contributed by atoms with Gasteiger partial charge < -0.3 is 4.90 Å². The molecule has 140 valence electrons. The summed E-state index contributed by atoms with van der Waals surface area (Å²) in [4.78, 5) is 18.5. The normalized spacial score (nSPS) is 16.4. The van der Waals surface area contributed by atoms with E-state index in [1.165, 1.54) is 11.9 Å². The first-order valence-corrected chi connectivity index (χ1v) is 9.41. The molecule has 7 heteroatoms. The van der Waals surface area contributed by atoms with Gasteiger partial charge in [-0.25, -0.2) is 9.67 Å². The number of nitrogens with one attached hydrogen (secondary N) is 1. The molecule has 3 aromatic rings. The Labute approximate surface area is 158 Å². The third kappa shape index (κ3) is 3.92. The molecule has 7 nitrogen and oxygen atoms in total. The van der Waals surface area contributed by atoms with Gasteiger partial charge in [0, 0.05) is 31.1 Å². The molecule has 1 unspecified atom stereocenters. The fraction of sp³-hybridized carbons (Fsp3) is 0.400. The SMILES string of the molecule is CC(C(=O)N1CCC(c2cc(Cc3ccccc3)[nH]n2)CC1)n1cncn1. The Bertz CT molecular complexity index is 865. The number of rotatable bonds is 5. The van der Waals surface area contributed by atoms with Gasteiger partial charge >= 0.3 is 0 Å². The van der Waals surface area contributed by atoms with Crippen LogP contribution in [-0.2, 0) is 11.2 Å². The molecule has 2 aromatic heterocycles. The van der Waals surface area contributed by atoms with Gasteiger partial charge in [0.15, 0.2) is 0 Å². The number of hydrogen-bond acceptors (Lipinski definition) is 4. The van der Waals surface area contributed by atoms with Crippen molar-refractivity contribution in [3.05, 3.63) is 66.0 Å². The number of hydrogen-bond donors (Lipinski definition) is 1. The second-order valence-electron chi connectivity index (χ2n) is 7.13. The Kier molecular flexibility index (Phi) is 5.00. The highest BCUT2D eigenvalue weighted by atomic mass is 16.2. The van der Waals surface area contributed by atoms with E-state index in [2.05, 4.69) is 50.6 Å². The van der Waals surface area contributed by atoms with Gasteiger partial charge in [-0.05, 0) is 31.4 Å². The van der Waals surface area contributed by atoms with E-state index >= 15 is 0 Å². The first-order valence-electron chi connectivity index (χ1n) is 9.41. The summed E-state index contributed by atoms with van der Waals surface area (Å²) in [5.41, 5.74) is 3.52. The highest BCUT2D eigenvalue weighted by Crippen LogP contribution is 2.28. The maximum atomic E-state index is 12.7. The Morgan fingerprint density at radius 2 is 2.04 bits per heavy atom. The molecule has 1 atom stereocenters. The Morgan fingerprint density at radius 1 is 1.26 bits per heavy atom. The lowest BCUT2D eigenvalue weighted by atomic mass is 9.93. The molecule has 27 heavy (non-hydrogen) atoms. The van der Waals surface area contributed by atoms with Crippen molar-refractivity contribution in [1.82, 2.24) is 29.9 Å². The standard InChI is InChI=1S/C20H24N6O/c1-15(26-14-21-13-22-26)20(27)25-9-7-17(8-10-25)19-12-18(23-24-19)11-16-5-3-2-4-6-16/h2-6,12-15,17H,7-11H2,1H3,(H,23,24).